The Hall–Kier alpha value is -2.99. The number of ketones is 1. The average Bonchev–Trinajstić information content (AvgIpc) is 2.93. The number of imidazole rings is 1. The number of carbonyl (C=O) groups is 1. The zero-order valence-electron chi connectivity index (χ0n) is 18.2. The lowest BCUT2D eigenvalue weighted by Gasteiger charge is -2.14. The van der Waals surface area contributed by atoms with Gasteiger partial charge in [-0.25, -0.2) is 4.98 Å². The maximum atomic E-state index is 11.9. The summed E-state index contributed by atoms with van der Waals surface area (Å²) in [6.45, 7) is 9.01. The van der Waals surface area contributed by atoms with Gasteiger partial charge in [-0.1, -0.05) is 6.07 Å². The van der Waals surface area contributed by atoms with Gasteiger partial charge in [0.15, 0.2) is 5.78 Å². The third kappa shape index (κ3) is 3.75. The van der Waals surface area contributed by atoms with Crippen LogP contribution in [-0.2, 0) is 17.7 Å². The Morgan fingerprint density at radius 3 is 2.53 bits per heavy atom. The van der Waals surface area contributed by atoms with Gasteiger partial charge < -0.3 is 14.0 Å². The normalized spacial score (nSPS) is 16.1. The van der Waals surface area contributed by atoms with E-state index in [1.165, 1.54) is 0 Å². The van der Waals surface area contributed by atoms with Gasteiger partial charge in [0, 0.05) is 34.6 Å². The first-order valence-electron chi connectivity index (χ1n) is 10.2. The highest BCUT2D eigenvalue weighted by atomic mass is 16.5. The number of aryl methyl sites for hydroxylation is 2. The summed E-state index contributed by atoms with van der Waals surface area (Å²) in [6.07, 6.45) is 0.877. The van der Waals surface area contributed by atoms with Crippen LogP contribution in [0.2, 0.25) is 0 Å². The van der Waals surface area contributed by atoms with Crippen molar-refractivity contribution < 1.29 is 14.3 Å². The van der Waals surface area contributed by atoms with Gasteiger partial charge in [0.25, 0.3) is 0 Å². The van der Waals surface area contributed by atoms with E-state index in [0.29, 0.717) is 17.9 Å². The minimum Gasteiger partial charge on any atom is -0.496 e. The number of aromatic nitrogens is 3. The number of rotatable bonds is 4. The molecular formula is C24H27N3O3. The molecule has 0 amide bonds. The number of pyridine rings is 1. The van der Waals surface area contributed by atoms with Crippen LogP contribution in [0.1, 0.15) is 41.3 Å². The summed E-state index contributed by atoms with van der Waals surface area (Å²) >= 11 is 0. The van der Waals surface area contributed by atoms with Gasteiger partial charge in [-0.2, -0.15) is 0 Å². The van der Waals surface area contributed by atoms with Crippen molar-refractivity contribution in [3.05, 3.63) is 53.0 Å². The molecule has 0 saturated carbocycles. The summed E-state index contributed by atoms with van der Waals surface area (Å²) in [7, 11) is 1.58. The second-order valence-electron chi connectivity index (χ2n) is 7.88. The Kier molecular flexibility index (Phi) is 5.43. The minimum atomic E-state index is -0.0224. The molecule has 0 spiro atoms. The molecule has 3 aromatic rings. The molecule has 0 N–H and O–H groups in total. The maximum Gasteiger partial charge on any atom is 0.163 e. The molecule has 0 saturated heterocycles. The largest absolute Gasteiger partial charge is 0.496 e. The van der Waals surface area contributed by atoms with Crippen LogP contribution in [0, 0.1) is 13.8 Å². The molecule has 0 aliphatic carbocycles. The summed E-state index contributed by atoms with van der Waals surface area (Å²) in [5.74, 6) is 1.40. The molecule has 0 radical (unpaired) electrons. The van der Waals surface area contributed by atoms with Crippen LogP contribution in [0.25, 0.3) is 22.6 Å². The number of nitrogens with zero attached hydrogens (tertiary/aromatic N) is 3. The molecule has 2 aromatic heterocycles. The average molecular weight is 405 g/mol. The molecular weight excluding hydrogens is 378 g/mol. The van der Waals surface area contributed by atoms with Gasteiger partial charge in [-0.3, -0.25) is 9.78 Å². The Labute approximate surface area is 176 Å². The second-order valence-corrected chi connectivity index (χ2v) is 7.88. The van der Waals surface area contributed by atoms with E-state index in [1.54, 1.807) is 14.0 Å². The van der Waals surface area contributed by atoms with Crippen LogP contribution in [0.4, 0.5) is 0 Å². The maximum absolute atomic E-state index is 11.9. The SMILES string of the molecule is COc1cc(-c2nc(-c3cc(C)nc(C)c3)c3n2CC(C)OCC3)ccc1C(C)=O. The van der Waals surface area contributed by atoms with Crippen molar-refractivity contribution in [1.29, 1.82) is 0 Å². The molecule has 1 aliphatic heterocycles. The molecule has 6 nitrogen and oxygen atoms in total. The summed E-state index contributed by atoms with van der Waals surface area (Å²) < 4.78 is 13.7. The Morgan fingerprint density at radius 1 is 1.13 bits per heavy atom. The molecule has 1 atom stereocenters. The van der Waals surface area contributed by atoms with Crippen molar-refractivity contribution >= 4 is 5.78 Å². The van der Waals surface area contributed by atoms with Crippen molar-refractivity contribution in [2.45, 2.75) is 46.8 Å². The number of carbonyl (C=O) groups excluding carboxylic acids is 1. The van der Waals surface area contributed by atoms with Crippen LogP contribution < -0.4 is 4.74 Å². The van der Waals surface area contributed by atoms with E-state index in [0.717, 1.165) is 52.7 Å². The van der Waals surface area contributed by atoms with E-state index in [2.05, 4.69) is 28.6 Å². The minimum absolute atomic E-state index is 0.0224. The molecule has 30 heavy (non-hydrogen) atoms. The monoisotopic (exact) mass is 405 g/mol. The molecule has 6 heteroatoms. The third-order valence-electron chi connectivity index (χ3n) is 5.45. The van der Waals surface area contributed by atoms with E-state index >= 15 is 0 Å². The predicted molar refractivity (Wildman–Crippen MR) is 116 cm³/mol. The quantitative estimate of drug-likeness (QED) is 0.602. The van der Waals surface area contributed by atoms with Crippen molar-refractivity contribution in [3.63, 3.8) is 0 Å². The first kappa shape index (κ1) is 20.3. The van der Waals surface area contributed by atoms with Gasteiger partial charge in [0.2, 0.25) is 0 Å². The lowest BCUT2D eigenvalue weighted by atomic mass is 10.1. The Balaban J connectivity index is 1.92. The van der Waals surface area contributed by atoms with Gasteiger partial charge >= 0.3 is 0 Å². The molecule has 0 bridgehead atoms. The zero-order valence-corrected chi connectivity index (χ0v) is 18.2. The standard InChI is InChI=1S/C24H27N3O3/c1-14-10-19(11-15(2)25-14)23-21-8-9-30-16(3)13-27(21)24(26-23)18-6-7-20(17(4)28)22(12-18)29-5/h6-7,10-12,16H,8-9,13H2,1-5H3. The van der Waals surface area contributed by atoms with Gasteiger partial charge in [0.1, 0.15) is 11.6 Å². The molecule has 1 aromatic carbocycles. The summed E-state index contributed by atoms with van der Waals surface area (Å²) in [4.78, 5) is 21.5. The molecule has 3 heterocycles. The zero-order chi connectivity index (χ0) is 21.4. The highest BCUT2D eigenvalue weighted by molar-refractivity contribution is 5.97. The lowest BCUT2D eigenvalue weighted by molar-refractivity contribution is 0.0666. The van der Waals surface area contributed by atoms with Gasteiger partial charge in [-0.05, 0) is 52.0 Å². The topological polar surface area (TPSA) is 66.2 Å². The molecule has 1 aliphatic rings. The number of hydrogen-bond donors (Lipinski definition) is 0. The summed E-state index contributed by atoms with van der Waals surface area (Å²) in [5.41, 5.74) is 6.62. The Bertz CT molecular complexity index is 1100. The van der Waals surface area contributed by atoms with Crippen LogP contribution in [-0.4, -0.2) is 40.1 Å². The molecule has 1 unspecified atom stereocenters. The summed E-state index contributed by atoms with van der Waals surface area (Å²) in [6, 6.07) is 9.81. The highest BCUT2D eigenvalue weighted by Crippen LogP contribution is 2.34. The smallest absolute Gasteiger partial charge is 0.163 e. The van der Waals surface area contributed by atoms with Crippen molar-refractivity contribution in [2.75, 3.05) is 13.7 Å². The number of ether oxygens (including phenoxy) is 2. The van der Waals surface area contributed by atoms with Crippen molar-refractivity contribution in [3.8, 4) is 28.4 Å². The second kappa shape index (κ2) is 8.03. The van der Waals surface area contributed by atoms with E-state index in [9.17, 15) is 4.79 Å². The van der Waals surface area contributed by atoms with Gasteiger partial charge in [-0.15, -0.1) is 0 Å². The van der Waals surface area contributed by atoms with Crippen LogP contribution >= 0.6 is 0 Å². The highest BCUT2D eigenvalue weighted by Gasteiger charge is 2.24. The van der Waals surface area contributed by atoms with E-state index in [-0.39, 0.29) is 11.9 Å². The van der Waals surface area contributed by atoms with Crippen LogP contribution in [0.15, 0.2) is 30.3 Å². The molecule has 156 valence electrons. The predicted octanol–water partition coefficient (Wildman–Crippen LogP) is 4.40. The Morgan fingerprint density at radius 2 is 1.87 bits per heavy atom. The molecule has 4 rings (SSSR count). The first-order chi connectivity index (χ1) is 14.4. The first-order valence-corrected chi connectivity index (χ1v) is 10.2. The van der Waals surface area contributed by atoms with E-state index in [1.807, 2.05) is 32.0 Å². The van der Waals surface area contributed by atoms with Crippen molar-refractivity contribution in [1.82, 2.24) is 14.5 Å². The fourth-order valence-electron chi connectivity index (χ4n) is 4.15. The number of hydrogen-bond acceptors (Lipinski definition) is 5. The van der Waals surface area contributed by atoms with Crippen LogP contribution in [0.3, 0.4) is 0 Å². The van der Waals surface area contributed by atoms with E-state index < -0.39 is 0 Å². The number of Topliss-reactive ketones (excluding diaryl/α,β-unsaturated/α-hetero) is 1. The number of methoxy groups -OCH3 is 1. The van der Waals surface area contributed by atoms with Gasteiger partial charge in [0.05, 0.1) is 37.6 Å². The lowest BCUT2D eigenvalue weighted by Crippen LogP contribution is -2.15. The summed E-state index contributed by atoms with van der Waals surface area (Å²) in [5, 5.41) is 0. The van der Waals surface area contributed by atoms with E-state index in [4.69, 9.17) is 14.5 Å². The van der Waals surface area contributed by atoms with Crippen LogP contribution in [0.5, 0.6) is 5.75 Å². The number of fused-ring (bicyclic) bond motifs is 1. The fraction of sp³-hybridized carbons (Fsp3) is 0.375. The fourth-order valence-corrected chi connectivity index (χ4v) is 4.15. The third-order valence-corrected chi connectivity index (χ3v) is 5.45. The molecule has 0 fully saturated rings. The van der Waals surface area contributed by atoms with Crippen molar-refractivity contribution in [2.24, 2.45) is 0 Å². The number of benzene rings is 1.